The van der Waals surface area contributed by atoms with Crippen molar-refractivity contribution in [1.82, 2.24) is 10.9 Å². The summed E-state index contributed by atoms with van der Waals surface area (Å²) in [6.45, 7) is 4.08. The second-order valence-electron chi connectivity index (χ2n) is 4.94. The van der Waals surface area contributed by atoms with Crippen LogP contribution in [-0.2, 0) is 0 Å². The van der Waals surface area contributed by atoms with Gasteiger partial charge in [0, 0.05) is 5.69 Å². The Labute approximate surface area is 145 Å². The number of halogens is 1. The molecule has 120 valence electrons. The number of thiocarbonyl (C=S) groups is 2. The molecular weight excluding hydrogens is 331 g/mol. The number of anilines is 2. The number of hydrazine groups is 1. The lowest BCUT2D eigenvalue weighted by atomic mass is 10.1. The Morgan fingerprint density at radius 3 is 2.17 bits per heavy atom. The second kappa shape index (κ2) is 7.85. The van der Waals surface area contributed by atoms with Gasteiger partial charge in [-0.05, 0) is 73.7 Å². The minimum atomic E-state index is -0.382. The summed E-state index contributed by atoms with van der Waals surface area (Å²) in [7, 11) is 0. The molecule has 4 nitrogen and oxygen atoms in total. The first-order valence-corrected chi connectivity index (χ1v) is 7.73. The van der Waals surface area contributed by atoms with Gasteiger partial charge in [-0.25, -0.2) is 4.39 Å². The van der Waals surface area contributed by atoms with Gasteiger partial charge in [-0.3, -0.25) is 10.9 Å². The van der Waals surface area contributed by atoms with Crippen LogP contribution in [0.5, 0.6) is 0 Å². The molecule has 0 bridgehead atoms. The van der Waals surface area contributed by atoms with Crippen molar-refractivity contribution in [3.63, 3.8) is 0 Å². The van der Waals surface area contributed by atoms with E-state index in [2.05, 4.69) is 21.5 Å². The van der Waals surface area contributed by atoms with E-state index in [9.17, 15) is 4.39 Å². The van der Waals surface area contributed by atoms with E-state index < -0.39 is 0 Å². The van der Waals surface area contributed by atoms with Crippen LogP contribution >= 0.6 is 24.4 Å². The summed E-state index contributed by atoms with van der Waals surface area (Å²) in [6, 6.07) is 12.2. The van der Waals surface area contributed by atoms with Gasteiger partial charge in [-0.1, -0.05) is 18.2 Å². The molecule has 0 saturated carbocycles. The fraction of sp³-hybridized carbons (Fsp3) is 0.125. The van der Waals surface area contributed by atoms with E-state index in [1.54, 1.807) is 18.2 Å². The zero-order valence-electron chi connectivity index (χ0n) is 12.7. The lowest BCUT2D eigenvalue weighted by Gasteiger charge is -2.15. The Bertz CT molecular complexity index is 734. The molecule has 2 aromatic rings. The lowest BCUT2D eigenvalue weighted by molar-refractivity contribution is 0.632. The molecule has 0 fully saturated rings. The Hall–Kier alpha value is -2.25. The first-order valence-electron chi connectivity index (χ1n) is 6.91. The fourth-order valence-corrected chi connectivity index (χ4v) is 2.14. The zero-order chi connectivity index (χ0) is 16.8. The third kappa shape index (κ3) is 5.15. The molecule has 4 N–H and O–H groups in total. The van der Waals surface area contributed by atoms with Crippen molar-refractivity contribution in [2.45, 2.75) is 13.8 Å². The summed E-state index contributed by atoms with van der Waals surface area (Å²) in [5.74, 6) is -0.382. The second-order valence-corrected chi connectivity index (χ2v) is 5.75. The molecule has 0 saturated heterocycles. The molecule has 0 atom stereocenters. The number of para-hydroxylation sites is 1. The van der Waals surface area contributed by atoms with Crippen molar-refractivity contribution in [3.05, 3.63) is 59.4 Å². The molecule has 0 spiro atoms. The summed E-state index contributed by atoms with van der Waals surface area (Å²) < 4.78 is 13.5. The number of nitrogens with one attached hydrogen (secondary N) is 4. The van der Waals surface area contributed by atoms with Gasteiger partial charge in [0.15, 0.2) is 10.2 Å². The number of hydrogen-bond donors (Lipinski definition) is 4. The topological polar surface area (TPSA) is 48.1 Å². The molecule has 0 amide bonds. The van der Waals surface area contributed by atoms with Gasteiger partial charge in [0.05, 0.1) is 5.69 Å². The molecule has 0 aliphatic heterocycles. The van der Waals surface area contributed by atoms with Gasteiger partial charge in [-0.2, -0.15) is 0 Å². The molecular formula is C16H17FN4S2. The van der Waals surface area contributed by atoms with Gasteiger partial charge in [0.2, 0.25) is 0 Å². The highest BCUT2D eigenvalue weighted by molar-refractivity contribution is 7.81. The third-order valence-corrected chi connectivity index (χ3v) is 3.58. The summed E-state index contributed by atoms with van der Waals surface area (Å²) in [6.07, 6.45) is 0. The Balaban J connectivity index is 1.83. The lowest BCUT2D eigenvalue weighted by Crippen LogP contribution is -2.45. The van der Waals surface area contributed by atoms with Crippen LogP contribution in [0.2, 0.25) is 0 Å². The van der Waals surface area contributed by atoms with Crippen LogP contribution in [0.25, 0.3) is 0 Å². The Morgan fingerprint density at radius 2 is 1.52 bits per heavy atom. The number of hydrogen-bond acceptors (Lipinski definition) is 2. The van der Waals surface area contributed by atoms with Gasteiger partial charge in [0.25, 0.3) is 0 Å². The summed E-state index contributed by atoms with van der Waals surface area (Å²) in [5.41, 5.74) is 9.00. The SMILES string of the molecule is Cc1ccc(NC(=S)NNC(=S)Nc2ccccc2F)cc1C. The van der Waals surface area contributed by atoms with E-state index in [-0.39, 0.29) is 10.9 Å². The van der Waals surface area contributed by atoms with Crippen LogP contribution in [0.1, 0.15) is 11.1 Å². The minimum absolute atomic E-state index is 0.208. The highest BCUT2D eigenvalue weighted by Gasteiger charge is 2.04. The molecule has 0 unspecified atom stereocenters. The molecule has 0 heterocycles. The Morgan fingerprint density at radius 1 is 0.870 bits per heavy atom. The van der Waals surface area contributed by atoms with Crippen molar-refractivity contribution in [1.29, 1.82) is 0 Å². The maximum absolute atomic E-state index is 13.5. The Kier molecular flexibility index (Phi) is 5.84. The van der Waals surface area contributed by atoms with E-state index in [0.717, 1.165) is 5.69 Å². The highest BCUT2D eigenvalue weighted by Crippen LogP contribution is 2.14. The van der Waals surface area contributed by atoms with Crippen molar-refractivity contribution in [2.24, 2.45) is 0 Å². The normalized spacial score (nSPS) is 9.87. The highest BCUT2D eigenvalue weighted by atomic mass is 32.1. The summed E-state index contributed by atoms with van der Waals surface area (Å²) >= 11 is 10.3. The minimum Gasteiger partial charge on any atom is -0.331 e. The van der Waals surface area contributed by atoms with E-state index >= 15 is 0 Å². The molecule has 0 aliphatic carbocycles. The van der Waals surface area contributed by atoms with Gasteiger partial charge >= 0.3 is 0 Å². The van der Waals surface area contributed by atoms with Crippen molar-refractivity contribution >= 4 is 46.0 Å². The first kappa shape index (κ1) is 17.1. The fourth-order valence-electron chi connectivity index (χ4n) is 1.81. The van der Waals surface area contributed by atoms with Crippen molar-refractivity contribution < 1.29 is 4.39 Å². The maximum Gasteiger partial charge on any atom is 0.189 e. The number of benzene rings is 2. The predicted molar refractivity (Wildman–Crippen MR) is 101 cm³/mol. The van der Waals surface area contributed by atoms with Crippen LogP contribution in [0, 0.1) is 19.7 Å². The standard InChI is InChI=1S/C16H17FN4S2/c1-10-7-8-12(9-11(10)2)18-15(22)20-21-16(23)19-14-6-4-3-5-13(14)17/h3-9H,1-2H3,(H2,18,20,22)(H2,19,21,23). The largest absolute Gasteiger partial charge is 0.331 e. The van der Waals surface area contributed by atoms with Crippen molar-refractivity contribution in [2.75, 3.05) is 10.6 Å². The van der Waals surface area contributed by atoms with E-state index in [4.69, 9.17) is 24.4 Å². The molecule has 0 radical (unpaired) electrons. The van der Waals surface area contributed by atoms with Crippen molar-refractivity contribution in [3.8, 4) is 0 Å². The monoisotopic (exact) mass is 348 g/mol. The molecule has 0 aromatic heterocycles. The zero-order valence-corrected chi connectivity index (χ0v) is 14.4. The average Bonchev–Trinajstić information content (AvgIpc) is 2.51. The first-order chi connectivity index (χ1) is 11.0. The van der Waals surface area contributed by atoms with Gasteiger partial charge in [-0.15, -0.1) is 0 Å². The van der Waals surface area contributed by atoms with Gasteiger partial charge in [0.1, 0.15) is 5.82 Å². The van der Waals surface area contributed by atoms with E-state index in [1.165, 1.54) is 17.2 Å². The summed E-state index contributed by atoms with van der Waals surface area (Å²) in [5, 5.41) is 6.34. The van der Waals surface area contributed by atoms with E-state index in [0.29, 0.717) is 10.8 Å². The van der Waals surface area contributed by atoms with Crippen LogP contribution < -0.4 is 21.5 Å². The van der Waals surface area contributed by atoms with Crippen LogP contribution in [-0.4, -0.2) is 10.2 Å². The smallest absolute Gasteiger partial charge is 0.189 e. The molecule has 7 heteroatoms. The molecule has 2 rings (SSSR count). The van der Waals surface area contributed by atoms with Crippen LogP contribution in [0.3, 0.4) is 0 Å². The molecule has 23 heavy (non-hydrogen) atoms. The number of aryl methyl sites for hydroxylation is 2. The van der Waals surface area contributed by atoms with E-state index in [1.807, 2.05) is 32.0 Å². The van der Waals surface area contributed by atoms with Crippen LogP contribution in [0.15, 0.2) is 42.5 Å². The van der Waals surface area contributed by atoms with Crippen LogP contribution in [0.4, 0.5) is 15.8 Å². The average molecular weight is 348 g/mol. The molecule has 2 aromatic carbocycles. The predicted octanol–water partition coefficient (Wildman–Crippen LogP) is 3.63. The number of rotatable bonds is 2. The maximum atomic E-state index is 13.5. The third-order valence-electron chi connectivity index (χ3n) is 3.18. The molecule has 0 aliphatic rings. The van der Waals surface area contributed by atoms with Gasteiger partial charge < -0.3 is 10.6 Å². The summed E-state index contributed by atoms with van der Waals surface area (Å²) in [4.78, 5) is 0. The quantitative estimate of drug-likeness (QED) is 0.491.